The Labute approximate surface area is 253 Å². The van der Waals surface area contributed by atoms with Gasteiger partial charge in [0.25, 0.3) is 0 Å². The van der Waals surface area contributed by atoms with Gasteiger partial charge in [-0.25, -0.2) is 4.79 Å². The molecule has 0 saturated carbocycles. The van der Waals surface area contributed by atoms with E-state index >= 15 is 0 Å². The number of hydrogen-bond donors (Lipinski definition) is 13. The molecule has 21 nitrogen and oxygen atoms in total. The normalized spacial score (nSPS) is 52.8. The van der Waals surface area contributed by atoms with Crippen molar-refractivity contribution in [1.29, 1.82) is 0 Å². The average Bonchev–Trinajstić information content (AvgIpc) is 3.00. The molecule has 0 aromatic heterocycles. The summed E-state index contributed by atoms with van der Waals surface area (Å²) in [5.41, 5.74) is 0. The van der Waals surface area contributed by atoms with Gasteiger partial charge in [-0.3, -0.25) is 0 Å². The van der Waals surface area contributed by atoms with Crippen LogP contribution in [0.1, 0.15) is 6.92 Å². The van der Waals surface area contributed by atoms with Crippen LogP contribution in [0.15, 0.2) is 0 Å². The number of carboxylic acid groups (broad SMARTS) is 1. The van der Waals surface area contributed by atoms with Crippen molar-refractivity contribution < 1.29 is 104 Å². The lowest BCUT2D eigenvalue weighted by Gasteiger charge is -2.48. The molecule has 0 aromatic rings. The van der Waals surface area contributed by atoms with Gasteiger partial charge >= 0.3 is 5.97 Å². The second-order valence-corrected chi connectivity index (χ2v) is 11.2. The molecule has 4 aliphatic heterocycles. The van der Waals surface area contributed by atoms with Gasteiger partial charge in [0, 0.05) is 0 Å². The Morgan fingerprint density at radius 1 is 0.533 bits per heavy atom. The second kappa shape index (κ2) is 14.9. The number of aliphatic carboxylic acids is 1. The first-order valence-corrected chi connectivity index (χ1v) is 14.0. The smallest absolute Gasteiger partial charge is 0.335 e. The van der Waals surface area contributed by atoms with Gasteiger partial charge in [0.2, 0.25) is 0 Å². The first kappa shape index (κ1) is 36.5. The maximum atomic E-state index is 12.1. The maximum Gasteiger partial charge on any atom is 0.335 e. The summed E-state index contributed by atoms with van der Waals surface area (Å²) in [6.45, 7) is -0.417. The summed E-state index contributed by atoms with van der Waals surface area (Å²) in [6, 6.07) is 0. The maximum absolute atomic E-state index is 12.1. The summed E-state index contributed by atoms with van der Waals surface area (Å²) in [4.78, 5) is 12.1. The minimum Gasteiger partial charge on any atom is -0.479 e. The lowest BCUT2D eigenvalue weighted by atomic mass is 9.95. The van der Waals surface area contributed by atoms with Gasteiger partial charge in [-0.15, -0.1) is 0 Å². The van der Waals surface area contributed by atoms with Crippen molar-refractivity contribution >= 4 is 5.97 Å². The zero-order chi connectivity index (χ0) is 33.5. The highest BCUT2D eigenvalue weighted by molar-refractivity contribution is 5.73. The third kappa shape index (κ3) is 7.26. The van der Waals surface area contributed by atoms with Gasteiger partial charge in [-0.1, -0.05) is 0 Å². The average molecular weight is 665 g/mol. The highest BCUT2D eigenvalue weighted by Gasteiger charge is 2.56. The lowest BCUT2D eigenvalue weighted by molar-refractivity contribution is -0.383. The van der Waals surface area contributed by atoms with Gasteiger partial charge in [0.1, 0.15) is 85.5 Å². The van der Waals surface area contributed by atoms with E-state index in [1.165, 1.54) is 6.92 Å². The SMILES string of the molecule is CC1OC(O)C(O)C(O)C1OC1OC(C(=O)O)C(OC2OC(CO)C(OC3OC(CO)C(O)C(O)C3O)C(O)C2O)C(O)C1O. The van der Waals surface area contributed by atoms with Crippen LogP contribution in [0.5, 0.6) is 0 Å². The molecule has 0 aliphatic carbocycles. The van der Waals surface area contributed by atoms with E-state index < -0.39 is 142 Å². The van der Waals surface area contributed by atoms with Crippen molar-refractivity contribution in [3.63, 3.8) is 0 Å². The van der Waals surface area contributed by atoms with E-state index in [-0.39, 0.29) is 0 Å². The standard InChI is InChI=1S/C24H40O21/c1-4-16(9(29)12(32)21(38)39-4)42-24-15(35)11(31)18(19(45-24)20(36)37)44-23-14(34)10(30)17(6(3-26)41-23)43-22-13(33)8(28)7(27)5(2-25)40-22/h4-19,21-35,38H,2-3H2,1H3,(H,36,37). The van der Waals surface area contributed by atoms with Gasteiger partial charge in [-0.2, -0.15) is 0 Å². The monoisotopic (exact) mass is 664 g/mol. The Kier molecular flexibility index (Phi) is 12.1. The van der Waals surface area contributed by atoms with E-state index in [0.717, 1.165) is 0 Å². The molecule has 20 atom stereocenters. The van der Waals surface area contributed by atoms with Crippen molar-refractivity contribution in [2.24, 2.45) is 0 Å². The number of aliphatic hydroxyl groups excluding tert-OH is 12. The van der Waals surface area contributed by atoms with E-state index in [4.69, 9.17) is 33.2 Å². The molecule has 4 aliphatic rings. The minimum atomic E-state index is -2.15. The Hall–Kier alpha value is -1.29. The molecule has 0 radical (unpaired) electrons. The fourth-order valence-electron chi connectivity index (χ4n) is 5.49. The van der Waals surface area contributed by atoms with Crippen LogP contribution in [-0.2, 0) is 38.0 Å². The number of ether oxygens (including phenoxy) is 7. The predicted molar refractivity (Wildman–Crippen MR) is 133 cm³/mol. The van der Waals surface area contributed by atoms with Crippen LogP contribution in [0.25, 0.3) is 0 Å². The Balaban J connectivity index is 1.46. The molecule has 262 valence electrons. The third-order valence-corrected chi connectivity index (χ3v) is 8.13. The van der Waals surface area contributed by atoms with Crippen LogP contribution in [0.3, 0.4) is 0 Å². The molecule has 0 spiro atoms. The van der Waals surface area contributed by atoms with Crippen molar-refractivity contribution in [3.05, 3.63) is 0 Å². The molecular formula is C24H40O21. The molecule has 4 saturated heterocycles. The van der Waals surface area contributed by atoms with Crippen molar-refractivity contribution in [2.75, 3.05) is 13.2 Å². The van der Waals surface area contributed by atoms with Crippen LogP contribution >= 0.6 is 0 Å². The summed E-state index contributed by atoms with van der Waals surface area (Å²) < 4.78 is 37.3. The highest BCUT2D eigenvalue weighted by atomic mass is 16.8. The largest absolute Gasteiger partial charge is 0.479 e. The quantitative estimate of drug-likeness (QED) is 0.109. The zero-order valence-electron chi connectivity index (χ0n) is 23.5. The molecule has 45 heavy (non-hydrogen) atoms. The van der Waals surface area contributed by atoms with E-state index in [2.05, 4.69) is 0 Å². The molecular weight excluding hydrogens is 624 g/mol. The molecule has 4 heterocycles. The van der Waals surface area contributed by atoms with Crippen molar-refractivity contribution in [3.8, 4) is 0 Å². The minimum absolute atomic E-state index is 0.802. The van der Waals surface area contributed by atoms with Crippen molar-refractivity contribution in [2.45, 2.75) is 130 Å². The highest BCUT2D eigenvalue weighted by Crippen LogP contribution is 2.34. The van der Waals surface area contributed by atoms with Crippen LogP contribution in [0.2, 0.25) is 0 Å². The van der Waals surface area contributed by atoms with Crippen LogP contribution in [0, 0.1) is 0 Å². The van der Waals surface area contributed by atoms with Gasteiger partial charge in [-0.05, 0) is 6.92 Å². The Morgan fingerprint density at radius 2 is 0.978 bits per heavy atom. The predicted octanol–water partition coefficient (Wildman–Crippen LogP) is -8.63. The Bertz CT molecular complexity index is 971. The van der Waals surface area contributed by atoms with E-state index in [0.29, 0.717) is 0 Å². The third-order valence-electron chi connectivity index (χ3n) is 8.13. The molecule has 20 unspecified atom stereocenters. The molecule has 0 aromatic carbocycles. The fourth-order valence-corrected chi connectivity index (χ4v) is 5.49. The lowest BCUT2D eigenvalue weighted by Crippen LogP contribution is -2.67. The number of rotatable bonds is 9. The fraction of sp³-hybridized carbons (Fsp3) is 0.958. The molecule has 4 fully saturated rings. The molecule has 21 heteroatoms. The van der Waals surface area contributed by atoms with E-state index in [1.807, 2.05) is 0 Å². The van der Waals surface area contributed by atoms with Crippen molar-refractivity contribution in [1.82, 2.24) is 0 Å². The number of carbonyl (C=O) groups is 1. The first-order chi connectivity index (χ1) is 21.1. The summed E-state index contributed by atoms with van der Waals surface area (Å²) in [5.74, 6) is -1.77. The molecule has 0 amide bonds. The van der Waals surface area contributed by atoms with Gasteiger partial charge < -0.3 is 99.5 Å². The molecule has 4 rings (SSSR count). The van der Waals surface area contributed by atoms with Gasteiger partial charge in [0.05, 0.1) is 19.3 Å². The summed E-state index contributed by atoms with van der Waals surface area (Å²) >= 11 is 0. The van der Waals surface area contributed by atoms with Crippen LogP contribution < -0.4 is 0 Å². The summed E-state index contributed by atoms with van der Waals surface area (Å²) in [5, 5.41) is 132. The van der Waals surface area contributed by atoms with Crippen LogP contribution in [-0.4, -0.2) is 208 Å². The summed E-state index contributed by atoms with van der Waals surface area (Å²) in [7, 11) is 0. The number of carboxylic acids is 1. The number of aliphatic hydroxyl groups is 12. The van der Waals surface area contributed by atoms with Crippen LogP contribution in [0.4, 0.5) is 0 Å². The first-order valence-electron chi connectivity index (χ1n) is 14.0. The van der Waals surface area contributed by atoms with E-state index in [1.54, 1.807) is 0 Å². The topological polar surface area (TPSA) is 345 Å². The van der Waals surface area contributed by atoms with Gasteiger partial charge in [0.15, 0.2) is 31.3 Å². The second-order valence-electron chi connectivity index (χ2n) is 11.2. The molecule has 0 bridgehead atoms. The van der Waals surface area contributed by atoms with E-state index in [9.17, 15) is 71.2 Å². The molecule has 13 N–H and O–H groups in total. The number of hydrogen-bond acceptors (Lipinski definition) is 20. The summed E-state index contributed by atoms with van der Waals surface area (Å²) in [6.07, 6.45) is -36.5. The Morgan fingerprint density at radius 3 is 1.53 bits per heavy atom. The zero-order valence-corrected chi connectivity index (χ0v) is 23.5.